The number of benzene rings is 2. The first-order chi connectivity index (χ1) is 19.5. The van der Waals surface area contributed by atoms with Crippen LogP contribution in [0, 0.1) is 6.92 Å². The summed E-state index contributed by atoms with van der Waals surface area (Å²) in [5.41, 5.74) is 5.46. The molecule has 1 unspecified atom stereocenters. The maximum atomic E-state index is 14.3. The summed E-state index contributed by atoms with van der Waals surface area (Å²) in [6.07, 6.45) is 4.21. The number of ether oxygens (including phenoxy) is 2. The first kappa shape index (κ1) is 25.0. The van der Waals surface area contributed by atoms with Crippen molar-refractivity contribution in [3.8, 4) is 5.75 Å². The number of thiophene rings is 1. The summed E-state index contributed by atoms with van der Waals surface area (Å²) in [7, 11) is 1.65. The molecule has 0 saturated carbocycles. The minimum absolute atomic E-state index is 0.0479. The second-order valence-corrected chi connectivity index (χ2v) is 11.6. The number of amides is 1. The SMILES string of the molecule is COc1ccc(C2c3ccsc3CCN2C(=O)c2cc3[nH]c(=O)c4cnc(C5CCOCC5)n4c3cc2C)cc1. The third-order valence-corrected chi connectivity index (χ3v) is 9.33. The molecule has 1 atom stereocenters. The lowest BCUT2D eigenvalue weighted by atomic mass is 9.92. The summed E-state index contributed by atoms with van der Waals surface area (Å²) in [4.78, 5) is 38.4. The highest BCUT2D eigenvalue weighted by Gasteiger charge is 2.34. The first-order valence-corrected chi connectivity index (χ1v) is 14.5. The molecule has 2 aliphatic heterocycles. The predicted octanol–water partition coefficient (Wildman–Crippen LogP) is 5.24. The molecule has 0 aliphatic carbocycles. The zero-order valence-corrected chi connectivity index (χ0v) is 23.3. The lowest BCUT2D eigenvalue weighted by Crippen LogP contribution is -2.40. The lowest BCUT2D eigenvalue weighted by molar-refractivity contribution is 0.0695. The number of nitrogens with one attached hydrogen (secondary N) is 1. The van der Waals surface area contributed by atoms with Crippen LogP contribution < -0.4 is 10.3 Å². The second kappa shape index (κ2) is 9.91. The summed E-state index contributed by atoms with van der Waals surface area (Å²) in [5, 5.41) is 2.10. The van der Waals surface area contributed by atoms with Gasteiger partial charge < -0.3 is 19.4 Å². The molecular weight excluding hydrogens is 524 g/mol. The Labute approximate surface area is 235 Å². The molecule has 1 saturated heterocycles. The van der Waals surface area contributed by atoms with Crippen LogP contribution in [0.2, 0.25) is 0 Å². The number of hydrogen-bond acceptors (Lipinski definition) is 6. The van der Waals surface area contributed by atoms with E-state index in [-0.39, 0.29) is 23.4 Å². The van der Waals surface area contributed by atoms with E-state index in [1.807, 2.05) is 52.6 Å². The van der Waals surface area contributed by atoms with Crippen LogP contribution in [0.25, 0.3) is 16.6 Å². The molecule has 204 valence electrons. The molecule has 8 nitrogen and oxygen atoms in total. The Kier molecular flexibility index (Phi) is 6.20. The highest BCUT2D eigenvalue weighted by molar-refractivity contribution is 7.10. The lowest BCUT2D eigenvalue weighted by Gasteiger charge is -2.36. The third kappa shape index (κ3) is 4.03. The molecule has 5 aromatic rings. The number of aryl methyl sites for hydroxylation is 1. The van der Waals surface area contributed by atoms with Gasteiger partial charge in [0, 0.05) is 36.1 Å². The van der Waals surface area contributed by atoms with Gasteiger partial charge in [-0.3, -0.25) is 14.0 Å². The van der Waals surface area contributed by atoms with Gasteiger partial charge in [-0.05, 0) is 78.6 Å². The zero-order chi connectivity index (χ0) is 27.4. The van der Waals surface area contributed by atoms with Crippen molar-refractivity contribution in [1.82, 2.24) is 19.3 Å². The predicted molar refractivity (Wildman–Crippen MR) is 155 cm³/mol. The molecule has 1 amide bonds. The number of carbonyl (C=O) groups excluding carboxylic acids is 1. The normalized spacial score (nSPS) is 17.9. The Hall–Kier alpha value is -3.95. The average molecular weight is 555 g/mol. The molecule has 0 radical (unpaired) electrons. The van der Waals surface area contributed by atoms with Crippen LogP contribution in [0.1, 0.15) is 62.6 Å². The Morgan fingerprint density at radius 2 is 1.93 bits per heavy atom. The minimum atomic E-state index is -0.211. The number of H-pyrrole nitrogens is 1. The topological polar surface area (TPSA) is 88.9 Å². The Morgan fingerprint density at radius 3 is 2.70 bits per heavy atom. The van der Waals surface area contributed by atoms with Gasteiger partial charge in [0.1, 0.15) is 17.1 Å². The van der Waals surface area contributed by atoms with Crippen LogP contribution in [-0.4, -0.2) is 52.0 Å². The fraction of sp³-hybridized carbons (Fsp3) is 0.323. The van der Waals surface area contributed by atoms with Crippen LogP contribution in [0.5, 0.6) is 5.75 Å². The molecule has 9 heteroatoms. The van der Waals surface area contributed by atoms with Crippen molar-refractivity contribution in [3.05, 3.63) is 97.4 Å². The Bertz CT molecular complexity index is 1800. The van der Waals surface area contributed by atoms with Crippen molar-refractivity contribution < 1.29 is 14.3 Å². The number of aromatic amines is 1. The highest BCUT2D eigenvalue weighted by atomic mass is 32.1. The van der Waals surface area contributed by atoms with Crippen molar-refractivity contribution in [2.45, 2.75) is 38.1 Å². The van der Waals surface area contributed by atoms with Gasteiger partial charge in [-0.2, -0.15) is 0 Å². The maximum Gasteiger partial charge on any atom is 0.274 e. The fourth-order valence-electron chi connectivity index (χ4n) is 6.25. The zero-order valence-electron chi connectivity index (χ0n) is 22.5. The van der Waals surface area contributed by atoms with Crippen LogP contribution in [0.3, 0.4) is 0 Å². The number of hydrogen-bond donors (Lipinski definition) is 1. The number of fused-ring (bicyclic) bond motifs is 4. The van der Waals surface area contributed by atoms with E-state index >= 15 is 0 Å². The Balaban J connectivity index is 1.33. The molecule has 5 heterocycles. The van der Waals surface area contributed by atoms with Gasteiger partial charge in [0.25, 0.3) is 11.5 Å². The van der Waals surface area contributed by atoms with Gasteiger partial charge in [-0.25, -0.2) is 4.98 Å². The average Bonchev–Trinajstić information content (AvgIpc) is 3.65. The van der Waals surface area contributed by atoms with Gasteiger partial charge in [-0.15, -0.1) is 11.3 Å². The number of methoxy groups -OCH3 is 1. The highest BCUT2D eigenvalue weighted by Crippen LogP contribution is 2.39. The van der Waals surface area contributed by atoms with Crippen molar-refractivity contribution in [3.63, 3.8) is 0 Å². The number of aromatic nitrogens is 3. The van der Waals surface area contributed by atoms with E-state index in [0.29, 0.717) is 36.4 Å². The fourth-order valence-corrected chi connectivity index (χ4v) is 7.16. The largest absolute Gasteiger partial charge is 0.497 e. The van der Waals surface area contributed by atoms with E-state index < -0.39 is 0 Å². The van der Waals surface area contributed by atoms with Gasteiger partial charge in [0.15, 0.2) is 0 Å². The molecule has 2 aromatic carbocycles. The van der Waals surface area contributed by atoms with E-state index in [1.165, 1.54) is 10.4 Å². The Morgan fingerprint density at radius 1 is 1.12 bits per heavy atom. The summed E-state index contributed by atoms with van der Waals surface area (Å²) in [6, 6.07) is 13.7. The maximum absolute atomic E-state index is 14.3. The molecule has 3 aromatic heterocycles. The number of imidazole rings is 1. The number of nitrogens with zero attached hydrogens (tertiary/aromatic N) is 3. The molecule has 0 bridgehead atoms. The van der Waals surface area contributed by atoms with E-state index in [1.54, 1.807) is 24.6 Å². The van der Waals surface area contributed by atoms with Crippen molar-refractivity contribution in [2.75, 3.05) is 26.9 Å². The number of rotatable bonds is 4. The summed E-state index contributed by atoms with van der Waals surface area (Å²) in [6.45, 7) is 3.97. The van der Waals surface area contributed by atoms with Crippen molar-refractivity contribution >= 4 is 33.8 Å². The molecular formula is C31H30N4O4S. The van der Waals surface area contributed by atoms with Gasteiger partial charge in [0.2, 0.25) is 0 Å². The van der Waals surface area contributed by atoms with Crippen LogP contribution in [0.15, 0.2) is 58.8 Å². The van der Waals surface area contributed by atoms with Gasteiger partial charge >= 0.3 is 0 Å². The minimum Gasteiger partial charge on any atom is -0.497 e. The smallest absolute Gasteiger partial charge is 0.274 e. The standard InChI is InChI=1S/C31H30N4O4S/c1-18-15-25-24(33-30(36)26-17-32-29(35(25)26)20-8-12-39-13-9-20)16-23(18)31(37)34-11-7-27-22(10-14-40-27)28(34)19-3-5-21(38-2)6-4-19/h3-6,10,14-17,20,28H,7-9,11-13H2,1-2H3,(H,33,36). The van der Waals surface area contributed by atoms with E-state index in [2.05, 4.69) is 21.4 Å². The summed E-state index contributed by atoms with van der Waals surface area (Å²) >= 11 is 1.74. The van der Waals surface area contributed by atoms with Crippen LogP contribution in [-0.2, 0) is 11.2 Å². The molecule has 1 fully saturated rings. The molecule has 1 N–H and O–H groups in total. The van der Waals surface area contributed by atoms with E-state index in [4.69, 9.17) is 9.47 Å². The van der Waals surface area contributed by atoms with Gasteiger partial charge in [0.05, 0.1) is 30.4 Å². The molecule has 2 aliphatic rings. The molecule has 40 heavy (non-hydrogen) atoms. The summed E-state index contributed by atoms with van der Waals surface area (Å²) < 4.78 is 12.9. The van der Waals surface area contributed by atoms with Crippen molar-refractivity contribution in [1.29, 1.82) is 0 Å². The van der Waals surface area contributed by atoms with E-state index in [9.17, 15) is 9.59 Å². The van der Waals surface area contributed by atoms with Crippen LogP contribution in [0.4, 0.5) is 0 Å². The van der Waals surface area contributed by atoms with E-state index in [0.717, 1.165) is 47.5 Å². The van der Waals surface area contributed by atoms with Crippen LogP contribution >= 0.6 is 11.3 Å². The monoisotopic (exact) mass is 554 g/mol. The number of carbonyl (C=O) groups is 1. The second-order valence-electron chi connectivity index (χ2n) is 10.6. The molecule has 7 rings (SSSR count). The quantitative estimate of drug-likeness (QED) is 0.328. The van der Waals surface area contributed by atoms with Crippen molar-refractivity contribution in [2.24, 2.45) is 0 Å². The first-order valence-electron chi connectivity index (χ1n) is 13.7. The summed E-state index contributed by atoms with van der Waals surface area (Å²) in [5.74, 6) is 1.84. The van der Waals surface area contributed by atoms with Gasteiger partial charge in [-0.1, -0.05) is 12.1 Å². The third-order valence-electron chi connectivity index (χ3n) is 8.33. The molecule has 0 spiro atoms.